The number of fused-ring (bicyclic) bond motifs is 1. The lowest BCUT2D eigenvalue weighted by atomic mass is 9.93. The van der Waals surface area contributed by atoms with Crippen LogP contribution in [0.2, 0.25) is 0 Å². The standard InChI is InChI=1S/C19H16N4O3/c1-23-15-7-5-13(10-12(15)6-8-17(23)24)18(25)14(11-20)19(26)22-16-4-2-3-9-21-16/h2-5,7,9-10,14H,6,8H2,1H3,(H,21,22,26)/t14-/m1/s1. The van der Waals surface area contributed by atoms with Crippen molar-refractivity contribution in [2.45, 2.75) is 12.8 Å². The summed E-state index contributed by atoms with van der Waals surface area (Å²) in [6.07, 6.45) is 2.39. The number of nitrogens with one attached hydrogen (secondary N) is 1. The third kappa shape index (κ3) is 3.30. The summed E-state index contributed by atoms with van der Waals surface area (Å²) in [5.41, 5.74) is 1.86. The molecule has 130 valence electrons. The summed E-state index contributed by atoms with van der Waals surface area (Å²) in [5.74, 6) is -2.49. The Bertz CT molecular complexity index is 918. The molecule has 2 amide bonds. The van der Waals surface area contributed by atoms with Gasteiger partial charge in [-0.2, -0.15) is 5.26 Å². The summed E-state index contributed by atoms with van der Waals surface area (Å²) in [6.45, 7) is 0. The van der Waals surface area contributed by atoms with E-state index in [2.05, 4.69) is 10.3 Å². The summed E-state index contributed by atoms with van der Waals surface area (Å²) >= 11 is 0. The average Bonchev–Trinajstić information content (AvgIpc) is 2.66. The Labute approximate surface area is 150 Å². The molecule has 1 atom stereocenters. The van der Waals surface area contributed by atoms with Crippen molar-refractivity contribution in [1.82, 2.24) is 4.98 Å². The van der Waals surface area contributed by atoms with Crippen molar-refractivity contribution < 1.29 is 14.4 Å². The van der Waals surface area contributed by atoms with Gasteiger partial charge in [-0.1, -0.05) is 6.07 Å². The lowest BCUT2D eigenvalue weighted by Gasteiger charge is -2.26. The quantitative estimate of drug-likeness (QED) is 0.672. The second kappa shape index (κ2) is 7.15. The van der Waals surface area contributed by atoms with E-state index < -0.39 is 17.6 Å². The van der Waals surface area contributed by atoms with E-state index in [1.807, 2.05) is 0 Å². The first-order chi connectivity index (χ1) is 12.5. The Morgan fingerprint density at radius 1 is 1.27 bits per heavy atom. The second-order valence-electron chi connectivity index (χ2n) is 5.93. The number of aryl methyl sites for hydroxylation is 1. The Morgan fingerprint density at radius 3 is 2.77 bits per heavy atom. The van der Waals surface area contributed by atoms with Crippen molar-refractivity contribution in [3.63, 3.8) is 0 Å². The molecule has 7 heteroatoms. The zero-order valence-electron chi connectivity index (χ0n) is 14.1. The summed E-state index contributed by atoms with van der Waals surface area (Å²) in [5, 5.41) is 11.8. The maximum atomic E-state index is 12.7. The minimum atomic E-state index is -1.47. The van der Waals surface area contributed by atoms with E-state index in [1.54, 1.807) is 48.3 Å². The fourth-order valence-electron chi connectivity index (χ4n) is 2.85. The second-order valence-corrected chi connectivity index (χ2v) is 5.93. The first kappa shape index (κ1) is 17.3. The van der Waals surface area contributed by atoms with Gasteiger partial charge in [0.1, 0.15) is 5.82 Å². The molecule has 1 aliphatic rings. The molecule has 26 heavy (non-hydrogen) atoms. The van der Waals surface area contributed by atoms with E-state index in [1.165, 1.54) is 12.3 Å². The van der Waals surface area contributed by atoms with Gasteiger partial charge < -0.3 is 10.2 Å². The molecule has 7 nitrogen and oxygen atoms in total. The molecular formula is C19H16N4O3. The van der Waals surface area contributed by atoms with Gasteiger partial charge in [-0.15, -0.1) is 0 Å². The molecule has 0 unspecified atom stereocenters. The van der Waals surface area contributed by atoms with Gasteiger partial charge in [0.2, 0.25) is 5.91 Å². The number of nitriles is 1. The van der Waals surface area contributed by atoms with Crippen LogP contribution in [-0.2, 0) is 16.0 Å². The lowest BCUT2D eigenvalue weighted by Crippen LogP contribution is -2.32. The third-order valence-corrected chi connectivity index (χ3v) is 4.28. The van der Waals surface area contributed by atoms with Crippen molar-refractivity contribution in [2.75, 3.05) is 17.3 Å². The molecule has 3 rings (SSSR count). The molecule has 0 saturated heterocycles. The van der Waals surface area contributed by atoms with Gasteiger partial charge in [-0.05, 0) is 42.3 Å². The van der Waals surface area contributed by atoms with Crippen LogP contribution in [-0.4, -0.2) is 29.6 Å². The Balaban J connectivity index is 1.82. The number of benzene rings is 1. The van der Waals surface area contributed by atoms with Crippen LogP contribution in [0.3, 0.4) is 0 Å². The lowest BCUT2D eigenvalue weighted by molar-refractivity contribution is -0.119. The van der Waals surface area contributed by atoms with Crippen molar-refractivity contribution in [3.05, 3.63) is 53.7 Å². The average molecular weight is 348 g/mol. The highest BCUT2D eigenvalue weighted by Crippen LogP contribution is 2.28. The summed E-state index contributed by atoms with van der Waals surface area (Å²) in [4.78, 5) is 42.2. The van der Waals surface area contributed by atoms with Crippen LogP contribution in [0.15, 0.2) is 42.6 Å². The van der Waals surface area contributed by atoms with Crippen LogP contribution in [0.5, 0.6) is 0 Å². The van der Waals surface area contributed by atoms with Crippen LogP contribution >= 0.6 is 0 Å². The third-order valence-electron chi connectivity index (χ3n) is 4.28. The zero-order chi connectivity index (χ0) is 18.7. The van der Waals surface area contributed by atoms with Gasteiger partial charge >= 0.3 is 0 Å². The first-order valence-electron chi connectivity index (χ1n) is 8.06. The number of pyridine rings is 1. The number of Topliss-reactive ketones (excluding diaryl/α,β-unsaturated/α-hetero) is 1. The molecule has 1 aromatic heterocycles. The largest absolute Gasteiger partial charge is 0.315 e. The molecule has 0 aliphatic carbocycles. The van der Waals surface area contributed by atoms with Gasteiger partial charge in [0.15, 0.2) is 11.7 Å². The molecule has 1 aromatic carbocycles. The number of rotatable bonds is 4. The monoisotopic (exact) mass is 348 g/mol. The summed E-state index contributed by atoms with van der Waals surface area (Å²) < 4.78 is 0. The van der Waals surface area contributed by atoms with Crippen LogP contribution < -0.4 is 10.2 Å². The van der Waals surface area contributed by atoms with Crippen molar-refractivity contribution >= 4 is 29.1 Å². The van der Waals surface area contributed by atoms with Gasteiger partial charge in [-0.3, -0.25) is 14.4 Å². The maximum absolute atomic E-state index is 12.7. The molecule has 0 fully saturated rings. The normalized spacial score (nSPS) is 14.2. The minimum absolute atomic E-state index is 0.0150. The molecule has 1 aliphatic heterocycles. The number of nitrogens with zero attached hydrogens (tertiary/aromatic N) is 3. The van der Waals surface area contributed by atoms with Gasteiger partial charge in [0.05, 0.1) is 6.07 Å². The number of hydrogen-bond acceptors (Lipinski definition) is 5. The van der Waals surface area contributed by atoms with Gasteiger partial charge in [-0.25, -0.2) is 4.98 Å². The highest BCUT2D eigenvalue weighted by molar-refractivity contribution is 6.15. The highest BCUT2D eigenvalue weighted by atomic mass is 16.2. The predicted molar refractivity (Wildman–Crippen MR) is 94.5 cm³/mol. The van der Waals surface area contributed by atoms with E-state index in [4.69, 9.17) is 0 Å². The SMILES string of the molecule is CN1C(=O)CCc2cc(C(=O)[C@@H](C#N)C(=O)Nc3ccccn3)ccc21. The molecular weight excluding hydrogens is 332 g/mol. The Kier molecular flexibility index (Phi) is 4.76. The molecule has 2 heterocycles. The number of carbonyl (C=O) groups excluding carboxylic acids is 3. The fourth-order valence-corrected chi connectivity index (χ4v) is 2.85. The molecule has 2 aromatic rings. The molecule has 0 radical (unpaired) electrons. The summed E-state index contributed by atoms with van der Waals surface area (Å²) in [6, 6.07) is 11.6. The van der Waals surface area contributed by atoms with Gasteiger partial charge in [0, 0.05) is 30.9 Å². The van der Waals surface area contributed by atoms with E-state index in [0.717, 1.165) is 11.3 Å². The Morgan fingerprint density at radius 2 is 2.08 bits per heavy atom. The molecule has 1 N–H and O–H groups in total. The molecule has 0 saturated carbocycles. The molecule has 0 bridgehead atoms. The summed E-state index contributed by atoms with van der Waals surface area (Å²) in [7, 11) is 1.68. The number of amides is 2. The maximum Gasteiger partial charge on any atom is 0.250 e. The number of anilines is 2. The van der Waals surface area contributed by atoms with Crippen molar-refractivity contribution in [3.8, 4) is 6.07 Å². The molecule has 0 spiro atoms. The Hall–Kier alpha value is -3.53. The van der Waals surface area contributed by atoms with E-state index in [-0.39, 0.29) is 17.3 Å². The van der Waals surface area contributed by atoms with Crippen molar-refractivity contribution in [2.24, 2.45) is 5.92 Å². The topological polar surface area (TPSA) is 103 Å². The van der Waals surface area contributed by atoms with E-state index in [0.29, 0.717) is 12.8 Å². The predicted octanol–water partition coefficient (Wildman–Crippen LogP) is 1.95. The highest BCUT2D eigenvalue weighted by Gasteiger charge is 2.29. The number of hydrogen-bond donors (Lipinski definition) is 1. The fraction of sp³-hybridized carbons (Fsp3) is 0.211. The smallest absolute Gasteiger partial charge is 0.250 e. The minimum Gasteiger partial charge on any atom is -0.315 e. The van der Waals surface area contributed by atoms with Crippen LogP contribution in [0.1, 0.15) is 22.3 Å². The number of carbonyl (C=O) groups is 3. The van der Waals surface area contributed by atoms with Crippen LogP contribution in [0.25, 0.3) is 0 Å². The number of aromatic nitrogens is 1. The van der Waals surface area contributed by atoms with Crippen LogP contribution in [0, 0.1) is 17.2 Å². The van der Waals surface area contributed by atoms with Crippen LogP contribution in [0.4, 0.5) is 11.5 Å². The van der Waals surface area contributed by atoms with Gasteiger partial charge in [0.25, 0.3) is 5.91 Å². The van der Waals surface area contributed by atoms with E-state index in [9.17, 15) is 19.6 Å². The van der Waals surface area contributed by atoms with E-state index >= 15 is 0 Å². The van der Waals surface area contributed by atoms with Crippen molar-refractivity contribution in [1.29, 1.82) is 5.26 Å². The number of ketones is 1. The zero-order valence-corrected chi connectivity index (χ0v) is 14.1. The first-order valence-corrected chi connectivity index (χ1v) is 8.06.